The zero-order valence-corrected chi connectivity index (χ0v) is 27.3. The van der Waals surface area contributed by atoms with Gasteiger partial charge in [0.1, 0.15) is 5.75 Å². The number of para-hydroxylation sites is 1. The summed E-state index contributed by atoms with van der Waals surface area (Å²) in [4.78, 5) is 32.9. The number of rotatable bonds is 8. The molecule has 224 valence electrons. The van der Waals surface area contributed by atoms with Crippen LogP contribution < -0.4 is 19.6 Å². The zero-order valence-electron chi connectivity index (χ0n) is 24.9. The third-order valence-corrected chi connectivity index (χ3v) is 8.97. The van der Waals surface area contributed by atoms with Crippen molar-refractivity contribution in [3.8, 4) is 5.75 Å². The highest BCUT2D eigenvalue weighted by Gasteiger charge is 2.33. The first kappa shape index (κ1) is 29.8. The second kappa shape index (κ2) is 12.4. The van der Waals surface area contributed by atoms with E-state index in [9.17, 15) is 9.59 Å². The molecule has 3 aromatic carbocycles. The largest absolute Gasteiger partial charge is 0.494 e. The molecule has 7 nitrogen and oxygen atoms in total. The topological polar surface area (TPSA) is 74.8 Å². The van der Waals surface area contributed by atoms with E-state index >= 15 is 0 Å². The second-order valence-corrected chi connectivity index (χ2v) is 12.8. The first-order valence-corrected chi connectivity index (χ1v) is 16.1. The Hall–Kier alpha value is -4.21. The molecule has 3 heterocycles. The van der Waals surface area contributed by atoms with Crippen molar-refractivity contribution in [1.82, 2.24) is 9.13 Å². The van der Waals surface area contributed by atoms with E-state index in [-0.39, 0.29) is 11.7 Å². The Morgan fingerprint density at radius 1 is 1.07 bits per heavy atom. The second-order valence-electron chi connectivity index (χ2n) is 10.9. The van der Waals surface area contributed by atoms with Crippen molar-refractivity contribution in [1.29, 1.82) is 0 Å². The summed E-state index contributed by atoms with van der Waals surface area (Å²) in [5, 5.41) is 1.05. The van der Waals surface area contributed by atoms with Gasteiger partial charge in [-0.25, -0.2) is 9.79 Å². The van der Waals surface area contributed by atoms with Crippen molar-refractivity contribution in [2.75, 3.05) is 6.61 Å². The van der Waals surface area contributed by atoms with E-state index in [1.807, 2.05) is 75.4 Å². The van der Waals surface area contributed by atoms with Gasteiger partial charge in [-0.1, -0.05) is 69.7 Å². The third kappa shape index (κ3) is 5.81. The van der Waals surface area contributed by atoms with Crippen LogP contribution in [0.3, 0.4) is 0 Å². The van der Waals surface area contributed by atoms with E-state index < -0.39 is 12.0 Å². The van der Waals surface area contributed by atoms with Crippen LogP contribution in [0.1, 0.15) is 50.4 Å². The number of hydrogen-bond donors (Lipinski definition) is 0. The molecule has 1 aliphatic rings. The minimum Gasteiger partial charge on any atom is -0.494 e. The number of aromatic nitrogens is 2. The van der Waals surface area contributed by atoms with Crippen LogP contribution in [0.4, 0.5) is 0 Å². The highest BCUT2D eigenvalue weighted by Crippen LogP contribution is 2.32. The van der Waals surface area contributed by atoms with Crippen LogP contribution in [0.25, 0.3) is 17.0 Å². The standard InChI is InChI=1S/C35H32BrN3O4S/c1-5-42-27-16-12-24(13-17-27)32-31(34(41)43-21(2)3)22(4)37-35-39(32)33(40)30(44-35)18-25-20-38(29-9-7-6-8-28(25)29)19-23-10-14-26(36)15-11-23/h6-18,20-21,32H,5,19H2,1-4H3/b30-18+/t32-/m1/s1. The molecule has 1 aliphatic heterocycles. The molecule has 0 saturated heterocycles. The van der Waals surface area contributed by atoms with Crippen LogP contribution in [0.5, 0.6) is 5.75 Å². The Labute approximate surface area is 267 Å². The fourth-order valence-electron chi connectivity index (χ4n) is 5.54. The Bertz CT molecular complexity index is 2070. The predicted molar refractivity (Wildman–Crippen MR) is 178 cm³/mol. The molecule has 0 unspecified atom stereocenters. The van der Waals surface area contributed by atoms with Gasteiger partial charge in [0, 0.05) is 33.7 Å². The minimum atomic E-state index is -0.686. The third-order valence-electron chi connectivity index (χ3n) is 7.46. The van der Waals surface area contributed by atoms with Gasteiger partial charge in [0.2, 0.25) is 0 Å². The number of hydrogen-bond acceptors (Lipinski definition) is 6. The van der Waals surface area contributed by atoms with Crippen LogP contribution in [0.2, 0.25) is 0 Å². The van der Waals surface area contributed by atoms with Crippen LogP contribution in [0.15, 0.2) is 105 Å². The van der Waals surface area contributed by atoms with Gasteiger partial charge in [-0.2, -0.15) is 0 Å². The van der Waals surface area contributed by atoms with E-state index in [0.29, 0.717) is 33.8 Å². The molecule has 0 fully saturated rings. The Morgan fingerprint density at radius 2 is 1.80 bits per heavy atom. The number of allylic oxidation sites excluding steroid dienone is 1. The number of fused-ring (bicyclic) bond motifs is 2. The number of esters is 1. The van der Waals surface area contributed by atoms with Gasteiger partial charge >= 0.3 is 5.97 Å². The molecule has 0 amide bonds. The summed E-state index contributed by atoms with van der Waals surface area (Å²) in [5.74, 6) is 0.237. The van der Waals surface area contributed by atoms with E-state index in [1.165, 1.54) is 16.9 Å². The molecule has 9 heteroatoms. The zero-order chi connectivity index (χ0) is 31.0. The van der Waals surface area contributed by atoms with Crippen molar-refractivity contribution >= 4 is 50.2 Å². The summed E-state index contributed by atoms with van der Waals surface area (Å²) in [7, 11) is 0. The molecule has 6 rings (SSSR count). The summed E-state index contributed by atoms with van der Waals surface area (Å²) >= 11 is 4.84. The van der Waals surface area contributed by atoms with Gasteiger partial charge in [-0.3, -0.25) is 9.36 Å². The highest BCUT2D eigenvalue weighted by atomic mass is 79.9. The average molecular weight is 671 g/mol. The van der Waals surface area contributed by atoms with Crippen molar-refractivity contribution in [3.05, 3.63) is 131 Å². The molecule has 0 spiro atoms. The lowest BCUT2D eigenvalue weighted by molar-refractivity contribution is -0.143. The number of halogens is 1. The molecular formula is C35H32BrN3O4S. The van der Waals surface area contributed by atoms with Gasteiger partial charge in [-0.15, -0.1) is 0 Å². The van der Waals surface area contributed by atoms with E-state index in [4.69, 9.17) is 14.5 Å². The first-order valence-electron chi connectivity index (χ1n) is 14.5. The van der Waals surface area contributed by atoms with E-state index in [0.717, 1.165) is 32.3 Å². The number of thiazole rings is 1. The van der Waals surface area contributed by atoms with Crippen molar-refractivity contribution in [2.24, 2.45) is 4.99 Å². The number of benzene rings is 3. The molecular weight excluding hydrogens is 638 g/mol. The first-order chi connectivity index (χ1) is 21.2. The summed E-state index contributed by atoms with van der Waals surface area (Å²) in [5.41, 5.74) is 4.65. The van der Waals surface area contributed by atoms with Crippen molar-refractivity contribution in [2.45, 2.75) is 46.4 Å². The molecule has 0 radical (unpaired) electrons. The monoisotopic (exact) mass is 669 g/mol. The van der Waals surface area contributed by atoms with Gasteiger partial charge in [0.05, 0.1) is 34.6 Å². The number of nitrogens with zero attached hydrogens (tertiary/aromatic N) is 3. The maximum atomic E-state index is 14.2. The van der Waals surface area contributed by atoms with Gasteiger partial charge in [-0.05, 0) is 75.2 Å². The smallest absolute Gasteiger partial charge is 0.338 e. The van der Waals surface area contributed by atoms with Crippen LogP contribution in [-0.4, -0.2) is 27.8 Å². The van der Waals surface area contributed by atoms with Gasteiger partial charge in [0.25, 0.3) is 5.56 Å². The Balaban J connectivity index is 1.49. The molecule has 0 saturated carbocycles. The maximum Gasteiger partial charge on any atom is 0.338 e. The van der Waals surface area contributed by atoms with Crippen molar-refractivity contribution in [3.63, 3.8) is 0 Å². The summed E-state index contributed by atoms with van der Waals surface area (Å²) in [6.07, 6.45) is 3.71. The average Bonchev–Trinajstić information content (AvgIpc) is 3.50. The van der Waals surface area contributed by atoms with E-state index in [1.54, 1.807) is 11.5 Å². The minimum absolute atomic E-state index is 0.209. The number of ether oxygens (including phenoxy) is 2. The lowest BCUT2D eigenvalue weighted by atomic mass is 9.96. The number of carbonyl (C=O) groups excluding carboxylic acids is 1. The SMILES string of the molecule is CCOc1ccc([C@@H]2C(C(=O)OC(C)C)=C(C)N=c3s/c(=C/c4cn(Cc5ccc(Br)cc5)c5ccccc45)c(=O)n32)cc1. The molecule has 44 heavy (non-hydrogen) atoms. The van der Waals surface area contributed by atoms with Gasteiger partial charge in [0.15, 0.2) is 4.80 Å². The Kier molecular flexibility index (Phi) is 8.42. The molecule has 0 N–H and O–H groups in total. The lowest BCUT2D eigenvalue weighted by Crippen LogP contribution is -2.40. The summed E-state index contributed by atoms with van der Waals surface area (Å²) in [6.45, 7) is 8.58. The Morgan fingerprint density at radius 3 is 2.50 bits per heavy atom. The quantitative estimate of drug-likeness (QED) is 0.181. The van der Waals surface area contributed by atoms with Crippen LogP contribution in [0, 0.1) is 0 Å². The fraction of sp³-hybridized carbons (Fsp3) is 0.229. The maximum absolute atomic E-state index is 14.2. The van der Waals surface area contributed by atoms with Crippen LogP contribution >= 0.6 is 27.3 Å². The molecule has 1 atom stereocenters. The summed E-state index contributed by atoms with van der Waals surface area (Å²) < 4.78 is 16.7. The molecule has 0 bridgehead atoms. The van der Waals surface area contributed by atoms with Crippen molar-refractivity contribution < 1.29 is 14.3 Å². The lowest BCUT2D eigenvalue weighted by Gasteiger charge is -2.25. The highest BCUT2D eigenvalue weighted by molar-refractivity contribution is 9.10. The predicted octanol–water partition coefficient (Wildman–Crippen LogP) is 6.35. The molecule has 0 aliphatic carbocycles. The summed E-state index contributed by atoms with van der Waals surface area (Å²) in [6, 6.07) is 23.3. The van der Waals surface area contributed by atoms with Crippen LogP contribution in [-0.2, 0) is 16.1 Å². The van der Waals surface area contributed by atoms with E-state index in [2.05, 4.69) is 51.0 Å². The van der Waals surface area contributed by atoms with Gasteiger partial charge < -0.3 is 14.0 Å². The molecule has 5 aromatic rings. The number of carbonyl (C=O) groups is 1. The molecule has 2 aromatic heterocycles. The normalized spacial score (nSPS) is 15.0. The fourth-order valence-corrected chi connectivity index (χ4v) is 6.84.